The van der Waals surface area contributed by atoms with Crippen molar-refractivity contribution in [3.63, 3.8) is 0 Å². The summed E-state index contributed by atoms with van der Waals surface area (Å²) >= 11 is 0. The molecule has 7 heteroatoms. The maximum absolute atomic E-state index is 12.9. The Balaban J connectivity index is 2.32. The molecule has 0 aliphatic carbocycles. The molecule has 0 spiro atoms. The number of hydrogen-bond acceptors (Lipinski definition) is 4. The molecule has 1 aromatic heterocycles. The van der Waals surface area contributed by atoms with E-state index in [9.17, 15) is 23.9 Å². The molecule has 0 radical (unpaired) electrons. The zero-order valence-corrected chi connectivity index (χ0v) is 11.0. The van der Waals surface area contributed by atoms with E-state index in [2.05, 4.69) is 4.98 Å². The lowest BCUT2D eigenvalue weighted by atomic mass is 10.1. The highest BCUT2D eigenvalue weighted by atomic mass is 19.1. The minimum Gasteiger partial charge on any atom is -0.545 e. The fourth-order valence-electron chi connectivity index (χ4n) is 2.17. The number of H-pyrrole nitrogens is 1. The van der Waals surface area contributed by atoms with Crippen molar-refractivity contribution in [2.75, 3.05) is 0 Å². The monoisotopic (exact) mass is 299 g/mol. The van der Waals surface area contributed by atoms with E-state index in [-0.39, 0.29) is 22.2 Å². The fourth-order valence-corrected chi connectivity index (χ4v) is 2.17. The highest BCUT2D eigenvalue weighted by molar-refractivity contribution is 5.91. The van der Waals surface area contributed by atoms with Crippen molar-refractivity contribution in [3.05, 3.63) is 74.7 Å². The number of aromatic nitrogens is 2. The number of nitrogens with one attached hydrogen (secondary N) is 1. The summed E-state index contributed by atoms with van der Waals surface area (Å²) in [5, 5.41) is 10.9. The molecule has 6 nitrogen and oxygen atoms in total. The number of benzene rings is 2. The number of fused-ring (bicyclic) bond motifs is 1. The van der Waals surface area contributed by atoms with Gasteiger partial charge in [0.25, 0.3) is 5.56 Å². The minimum atomic E-state index is -1.41. The second-order valence-corrected chi connectivity index (χ2v) is 4.59. The second kappa shape index (κ2) is 4.96. The SMILES string of the molecule is O=C([O-])c1ccc2c(=O)n(-c3ccc(F)cc3)c(=O)[nH]c2c1. The van der Waals surface area contributed by atoms with E-state index in [1.807, 2.05) is 0 Å². The van der Waals surface area contributed by atoms with E-state index in [1.165, 1.54) is 24.3 Å². The fraction of sp³-hybridized carbons (Fsp3) is 0. The molecule has 0 aliphatic rings. The van der Waals surface area contributed by atoms with E-state index in [4.69, 9.17) is 0 Å². The Bertz CT molecular complexity index is 1000. The second-order valence-electron chi connectivity index (χ2n) is 4.59. The van der Waals surface area contributed by atoms with Crippen molar-refractivity contribution in [2.24, 2.45) is 0 Å². The third-order valence-electron chi connectivity index (χ3n) is 3.22. The maximum Gasteiger partial charge on any atom is 0.333 e. The van der Waals surface area contributed by atoms with Crippen molar-refractivity contribution in [1.82, 2.24) is 9.55 Å². The first-order chi connectivity index (χ1) is 10.5. The van der Waals surface area contributed by atoms with E-state index in [0.29, 0.717) is 0 Å². The third kappa shape index (κ3) is 2.18. The highest BCUT2D eigenvalue weighted by Crippen LogP contribution is 2.10. The van der Waals surface area contributed by atoms with Crippen LogP contribution in [0.1, 0.15) is 10.4 Å². The van der Waals surface area contributed by atoms with Gasteiger partial charge in [0.2, 0.25) is 0 Å². The molecule has 1 heterocycles. The van der Waals surface area contributed by atoms with Crippen LogP contribution in [0.15, 0.2) is 52.1 Å². The van der Waals surface area contributed by atoms with Gasteiger partial charge >= 0.3 is 5.69 Å². The van der Waals surface area contributed by atoms with Crippen LogP contribution in [0.5, 0.6) is 0 Å². The highest BCUT2D eigenvalue weighted by Gasteiger charge is 2.10. The van der Waals surface area contributed by atoms with E-state index in [1.54, 1.807) is 0 Å². The zero-order valence-electron chi connectivity index (χ0n) is 11.0. The van der Waals surface area contributed by atoms with Gasteiger partial charge in [-0.25, -0.2) is 13.8 Å². The number of carboxylic acids is 1. The lowest BCUT2D eigenvalue weighted by Gasteiger charge is -2.08. The average Bonchev–Trinajstić information content (AvgIpc) is 2.48. The number of hydrogen-bond donors (Lipinski definition) is 1. The standard InChI is InChI=1S/C15H9FN2O4/c16-9-2-4-10(5-3-9)18-13(19)11-6-1-8(14(20)21)7-12(11)17-15(18)22/h1-7H,(H,17,22)(H,20,21)/p-1. The number of aromatic amines is 1. The number of aromatic carboxylic acids is 1. The largest absolute Gasteiger partial charge is 0.545 e. The summed E-state index contributed by atoms with van der Waals surface area (Å²) in [4.78, 5) is 37.7. The van der Waals surface area contributed by atoms with Gasteiger partial charge < -0.3 is 14.9 Å². The van der Waals surface area contributed by atoms with Crippen molar-refractivity contribution in [1.29, 1.82) is 0 Å². The molecule has 0 amide bonds. The third-order valence-corrected chi connectivity index (χ3v) is 3.22. The number of carbonyl (C=O) groups excluding carboxylic acids is 1. The number of rotatable bonds is 2. The van der Waals surface area contributed by atoms with Crippen LogP contribution >= 0.6 is 0 Å². The molecule has 0 atom stereocenters. The number of carboxylic acid groups (broad SMARTS) is 1. The molecule has 0 saturated carbocycles. The van der Waals surface area contributed by atoms with Crippen LogP contribution < -0.4 is 16.4 Å². The van der Waals surface area contributed by atoms with Crippen molar-refractivity contribution in [2.45, 2.75) is 0 Å². The predicted molar refractivity (Wildman–Crippen MR) is 74.5 cm³/mol. The van der Waals surface area contributed by atoms with Crippen LogP contribution in [0.25, 0.3) is 16.6 Å². The van der Waals surface area contributed by atoms with Crippen LogP contribution in [-0.2, 0) is 0 Å². The quantitative estimate of drug-likeness (QED) is 0.730. The molecule has 3 rings (SSSR count). The van der Waals surface area contributed by atoms with E-state index < -0.39 is 23.0 Å². The van der Waals surface area contributed by atoms with E-state index in [0.717, 1.165) is 22.8 Å². The molecule has 0 saturated heterocycles. The Labute approximate surface area is 122 Å². The van der Waals surface area contributed by atoms with Crippen LogP contribution in [0.4, 0.5) is 4.39 Å². The maximum atomic E-state index is 12.9. The summed E-state index contributed by atoms with van der Waals surface area (Å²) in [7, 11) is 0. The summed E-state index contributed by atoms with van der Waals surface area (Å²) in [5.41, 5.74) is -1.23. The first-order valence-corrected chi connectivity index (χ1v) is 6.24. The first-order valence-electron chi connectivity index (χ1n) is 6.24. The van der Waals surface area contributed by atoms with Gasteiger partial charge in [0.1, 0.15) is 5.82 Å². The van der Waals surface area contributed by atoms with Crippen LogP contribution in [0.2, 0.25) is 0 Å². The Morgan fingerprint density at radius 3 is 2.41 bits per heavy atom. The molecule has 0 fully saturated rings. The molecule has 2 aromatic carbocycles. The van der Waals surface area contributed by atoms with Gasteiger partial charge in [-0.2, -0.15) is 0 Å². The zero-order chi connectivity index (χ0) is 15.9. The van der Waals surface area contributed by atoms with Crippen LogP contribution in [-0.4, -0.2) is 15.5 Å². The number of carbonyl (C=O) groups is 1. The summed E-state index contributed by atoms with van der Waals surface area (Å²) in [6.07, 6.45) is 0. The van der Waals surface area contributed by atoms with Crippen LogP contribution in [0.3, 0.4) is 0 Å². The van der Waals surface area contributed by atoms with Gasteiger partial charge in [0.05, 0.1) is 22.6 Å². The summed E-state index contributed by atoms with van der Waals surface area (Å²) in [6, 6.07) is 8.52. The summed E-state index contributed by atoms with van der Waals surface area (Å²) in [6.45, 7) is 0. The Kier molecular flexibility index (Phi) is 3.10. The Hall–Kier alpha value is -3.22. The van der Waals surface area contributed by atoms with Gasteiger partial charge in [-0.3, -0.25) is 4.79 Å². The van der Waals surface area contributed by atoms with Gasteiger partial charge in [0, 0.05) is 0 Å². The van der Waals surface area contributed by atoms with Gasteiger partial charge in [-0.15, -0.1) is 0 Å². The van der Waals surface area contributed by atoms with Crippen molar-refractivity contribution >= 4 is 16.9 Å². The molecule has 0 bridgehead atoms. The molecule has 22 heavy (non-hydrogen) atoms. The lowest BCUT2D eigenvalue weighted by molar-refractivity contribution is -0.255. The van der Waals surface area contributed by atoms with Gasteiger partial charge in [-0.05, 0) is 42.0 Å². The predicted octanol–water partition coefficient (Wildman–Crippen LogP) is 0.182. The topological polar surface area (TPSA) is 95.0 Å². The molecular weight excluding hydrogens is 291 g/mol. The van der Waals surface area contributed by atoms with Crippen LogP contribution in [0, 0.1) is 5.82 Å². The summed E-state index contributed by atoms with van der Waals surface area (Å²) < 4.78 is 13.8. The molecular formula is C15H8FN2O4-. The minimum absolute atomic E-state index is 0.0926. The van der Waals surface area contributed by atoms with Gasteiger partial charge in [-0.1, -0.05) is 6.07 Å². The lowest BCUT2D eigenvalue weighted by Crippen LogP contribution is -2.33. The molecule has 0 aliphatic heterocycles. The molecule has 0 unspecified atom stereocenters. The Morgan fingerprint density at radius 2 is 1.77 bits per heavy atom. The molecule has 1 N–H and O–H groups in total. The average molecular weight is 299 g/mol. The van der Waals surface area contributed by atoms with E-state index >= 15 is 0 Å². The number of halogens is 1. The smallest absolute Gasteiger partial charge is 0.333 e. The number of nitrogens with zero attached hydrogens (tertiary/aromatic N) is 1. The first kappa shape index (κ1) is 13.7. The van der Waals surface area contributed by atoms with Crippen molar-refractivity contribution < 1.29 is 14.3 Å². The molecule has 110 valence electrons. The normalized spacial score (nSPS) is 10.8. The van der Waals surface area contributed by atoms with Gasteiger partial charge in [0.15, 0.2) is 0 Å². The summed E-state index contributed by atoms with van der Waals surface area (Å²) in [5.74, 6) is -1.90. The molecule has 3 aromatic rings. The Morgan fingerprint density at radius 1 is 1.09 bits per heavy atom. The van der Waals surface area contributed by atoms with Crippen molar-refractivity contribution in [3.8, 4) is 5.69 Å².